The zero-order valence-corrected chi connectivity index (χ0v) is 16.6. The maximum absolute atomic E-state index is 14.2. The van der Waals surface area contributed by atoms with Crippen molar-refractivity contribution in [2.45, 2.75) is 58.5 Å². The Morgan fingerprint density at radius 3 is 2.83 bits per heavy atom. The number of nitrogens with zero attached hydrogens (tertiary/aromatic N) is 6. The molecule has 0 aliphatic carbocycles. The third-order valence-corrected chi connectivity index (χ3v) is 4.95. The predicted octanol–water partition coefficient (Wildman–Crippen LogP) is 3.96. The number of rotatable bonds is 5. The molecule has 3 aromatic rings. The molecule has 0 radical (unpaired) electrons. The first-order valence-electron chi connectivity index (χ1n) is 9.60. The Balaban J connectivity index is 1.80. The summed E-state index contributed by atoms with van der Waals surface area (Å²) < 4.78 is 23.0. The molecule has 9 nitrogen and oxygen atoms in total. The van der Waals surface area contributed by atoms with Crippen LogP contribution in [0.3, 0.4) is 0 Å². The first-order chi connectivity index (χ1) is 13.7. The van der Waals surface area contributed by atoms with E-state index in [-0.39, 0.29) is 24.2 Å². The fourth-order valence-electron chi connectivity index (χ4n) is 3.61. The van der Waals surface area contributed by atoms with E-state index in [0.717, 1.165) is 30.3 Å². The minimum Gasteiger partial charge on any atom is -0.357 e. The summed E-state index contributed by atoms with van der Waals surface area (Å²) in [6.07, 6.45) is 5.38. The van der Waals surface area contributed by atoms with Crippen molar-refractivity contribution in [3.8, 4) is 11.4 Å². The highest BCUT2D eigenvalue weighted by Crippen LogP contribution is 2.33. The highest BCUT2D eigenvalue weighted by molar-refractivity contribution is 5.85. The third kappa shape index (κ3) is 3.84. The van der Waals surface area contributed by atoms with Crippen molar-refractivity contribution in [2.75, 3.05) is 6.61 Å². The van der Waals surface area contributed by atoms with E-state index in [0.29, 0.717) is 17.8 Å². The van der Waals surface area contributed by atoms with Gasteiger partial charge in [0.2, 0.25) is 0 Å². The van der Waals surface area contributed by atoms with Crippen LogP contribution in [-0.2, 0) is 11.3 Å². The Hall–Kier alpha value is -2.88. The fraction of sp³-hybridized carbons (Fsp3) is 0.526. The molecule has 0 N–H and O–H groups in total. The Labute approximate surface area is 166 Å². The lowest BCUT2D eigenvalue weighted by molar-refractivity contribution is -0.384. The maximum Gasteiger partial charge on any atom is 0.316 e. The van der Waals surface area contributed by atoms with Gasteiger partial charge in [-0.15, -0.1) is 0 Å². The first-order valence-corrected chi connectivity index (χ1v) is 9.60. The van der Waals surface area contributed by atoms with Gasteiger partial charge in [-0.1, -0.05) is 0 Å². The van der Waals surface area contributed by atoms with Gasteiger partial charge in [0.05, 0.1) is 28.4 Å². The van der Waals surface area contributed by atoms with Crippen LogP contribution < -0.4 is 0 Å². The van der Waals surface area contributed by atoms with E-state index in [1.807, 2.05) is 6.92 Å². The van der Waals surface area contributed by atoms with Gasteiger partial charge in [0.1, 0.15) is 18.1 Å². The van der Waals surface area contributed by atoms with Gasteiger partial charge in [0, 0.05) is 18.2 Å². The van der Waals surface area contributed by atoms with Crippen LogP contribution in [0, 0.1) is 17.0 Å². The predicted molar refractivity (Wildman–Crippen MR) is 104 cm³/mol. The van der Waals surface area contributed by atoms with Gasteiger partial charge in [0.15, 0.2) is 5.69 Å². The molecular formula is C19H23FN6O3. The van der Waals surface area contributed by atoms with Crippen LogP contribution in [0.5, 0.6) is 0 Å². The Bertz CT molecular complexity index is 1060. The SMILES string of the molecule is Cc1nn(CC(C)(C)F)c2cc(-c3nn(C4CCCCO4)cc3[N+](=O)[O-])ncc12. The third-order valence-electron chi connectivity index (χ3n) is 4.95. The van der Waals surface area contributed by atoms with E-state index in [1.165, 1.54) is 24.7 Å². The minimum absolute atomic E-state index is 0.0627. The monoisotopic (exact) mass is 402 g/mol. The van der Waals surface area contributed by atoms with E-state index in [1.54, 1.807) is 16.9 Å². The van der Waals surface area contributed by atoms with Crippen LogP contribution in [0.25, 0.3) is 22.3 Å². The van der Waals surface area contributed by atoms with Gasteiger partial charge < -0.3 is 4.74 Å². The van der Waals surface area contributed by atoms with Gasteiger partial charge in [0.25, 0.3) is 0 Å². The molecule has 29 heavy (non-hydrogen) atoms. The van der Waals surface area contributed by atoms with Gasteiger partial charge >= 0.3 is 5.69 Å². The van der Waals surface area contributed by atoms with Crippen molar-refractivity contribution in [3.63, 3.8) is 0 Å². The van der Waals surface area contributed by atoms with E-state index in [9.17, 15) is 14.5 Å². The molecule has 1 atom stereocenters. The summed E-state index contributed by atoms with van der Waals surface area (Å²) in [6.45, 7) is 5.45. The summed E-state index contributed by atoms with van der Waals surface area (Å²) in [5.41, 5.74) is 0.294. The number of hydrogen-bond donors (Lipinski definition) is 0. The van der Waals surface area contributed by atoms with Crippen molar-refractivity contribution < 1.29 is 14.1 Å². The molecular weight excluding hydrogens is 379 g/mol. The number of aromatic nitrogens is 5. The van der Waals surface area contributed by atoms with Crippen molar-refractivity contribution in [1.82, 2.24) is 24.5 Å². The molecule has 4 rings (SSSR count). The highest BCUT2D eigenvalue weighted by atomic mass is 19.1. The molecule has 0 amide bonds. The molecule has 1 aliphatic rings. The molecule has 1 saturated heterocycles. The molecule has 0 aromatic carbocycles. The average Bonchev–Trinajstić information content (AvgIpc) is 3.23. The van der Waals surface area contributed by atoms with Crippen LogP contribution in [0.4, 0.5) is 10.1 Å². The lowest BCUT2D eigenvalue weighted by atomic mass is 10.1. The largest absolute Gasteiger partial charge is 0.357 e. The second kappa shape index (κ2) is 7.18. The minimum atomic E-state index is -1.46. The number of hydrogen-bond acceptors (Lipinski definition) is 6. The van der Waals surface area contributed by atoms with E-state index >= 15 is 0 Å². The number of fused-ring (bicyclic) bond motifs is 1. The highest BCUT2D eigenvalue weighted by Gasteiger charge is 2.27. The molecule has 3 aromatic heterocycles. The summed E-state index contributed by atoms with van der Waals surface area (Å²) in [5, 5.41) is 21.2. The van der Waals surface area contributed by atoms with Gasteiger partial charge in [-0.3, -0.25) is 19.8 Å². The first kappa shape index (κ1) is 19.4. The number of aryl methyl sites for hydroxylation is 1. The Kier molecular flexibility index (Phi) is 4.81. The number of ether oxygens (including phenoxy) is 1. The Morgan fingerprint density at radius 2 is 2.17 bits per heavy atom. The molecule has 1 unspecified atom stereocenters. The molecule has 0 saturated carbocycles. The number of pyridine rings is 1. The van der Waals surface area contributed by atoms with Gasteiger partial charge in [-0.05, 0) is 46.1 Å². The second-order valence-electron chi connectivity index (χ2n) is 7.97. The number of nitro groups is 1. The van der Waals surface area contributed by atoms with Gasteiger partial charge in [-0.2, -0.15) is 10.2 Å². The summed E-state index contributed by atoms with van der Waals surface area (Å²) in [4.78, 5) is 15.5. The summed E-state index contributed by atoms with van der Waals surface area (Å²) in [6, 6.07) is 1.68. The molecule has 1 fully saturated rings. The molecule has 154 valence electrons. The average molecular weight is 402 g/mol. The van der Waals surface area contributed by atoms with Gasteiger partial charge in [-0.25, -0.2) is 9.07 Å². The number of halogens is 1. The standard InChI is InChI=1S/C19H23FN6O3/c1-12-13-9-21-14(8-15(13)25(22-12)11-19(2,3)20)18-16(26(27)28)10-24(23-18)17-6-4-5-7-29-17/h8-10,17H,4-7,11H2,1-3H3. The van der Waals surface area contributed by atoms with E-state index < -0.39 is 10.6 Å². The zero-order valence-electron chi connectivity index (χ0n) is 16.6. The number of alkyl halides is 1. The zero-order chi connectivity index (χ0) is 20.8. The van der Waals surface area contributed by atoms with Crippen LogP contribution in [0.1, 0.15) is 45.0 Å². The van der Waals surface area contributed by atoms with Crippen molar-refractivity contribution in [1.29, 1.82) is 0 Å². The summed E-state index contributed by atoms with van der Waals surface area (Å²) in [5.74, 6) is 0. The molecule has 10 heteroatoms. The summed E-state index contributed by atoms with van der Waals surface area (Å²) >= 11 is 0. The maximum atomic E-state index is 14.2. The molecule has 0 spiro atoms. The quantitative estimate of drug-likeness (QED) is 0.473. The molecule has 1 aliphatic heterocycles. The normalized spacial score (nSPS) is 17.7. The van der Waals surface area contributed by atoms with Crippen molar-refractivity contribution in [3.05, 3.63) is 34.3 Å². The molecule has 0 bridgehead atoms. The fourth-order valence-corrected chi connectivity index (χ4v) is 3.61. The molecule has 4 heterocycles. The van der Waals surface area contributed by atoms with Crippen LogP contribution >= 0.6 is 0 Å². The Morgan fingerprint density at radius 1 is 1.38 bits per heavy atom. The second-order valence-corrected chi connectivity index (χ2v) is 7.97. The van der Waals surface area contributed by atoms with Crippen LogP contribution in [0.2, 0.25) is 0 Å². The smallest absolute Gasteiger partial charge is 0.316 e. The van der Waals surface area contributed by atoms with Crippen molar-refractivity contribution >= 4 is 16.6 Å². The van der Waals surface area contributed by atoms with Crippen LogP contribution in [0.15, 0.2) is 18.5 Å². The van der Waals surface area contributed by atoms with E-state index in [2.05, 4.69) is 15.2 Å². The van der Waals surface area contributed by atoms with Crippen LogP contribution in [-0.4, -0.2) is 41.7 Å². The van der Waals surface area contributed by atoms with E-state index in [4.69, 9.17) is 4.74 Å². The summed E-state index contributed by atoms with van der Waals surface area (Å²) in [7, 11) is 0. The lowest BCUT2D eigenvalue weighted by Crippen LogP contribution is -2.21. The lowest BCUT2D eigenvalue weighted by Gasteiger charge is -2.22. The van der Waals surface area contributed by atoms with Crippen molar-refractivity contribution in [2.24, 2.45) is 0 Å². The topological polar surface area (TPSA) is 101 Å².